The minimum absolute atomic E-state index is 0.0510. The number of piperazine rings is 1. The van der Waals surface area contributed by atoms with Gasteiger partial charge in [0.2, 0.25) is 10.0 Å². The van der Waals surface area contributed by atoms with Crippen LogP contribution in [-0.2, 0) is 10.0 Å². The molecule has 1 aromatic heterocycles. The van der Waals surface area contributed by atoms with Crippen LogP contribution in [-0.4, -0.2) is 64.6 Å². The van der Waals surface area contributed by atoms with Gasteiger partial charge in [0.25, 0.3) is 0 Å². The van der Waals surface area contributed by atoms with Gasteiger partial charge in [0.05, 0.1) is 11.5 Å². The summed E-state index contributed by atoms with van der Waals surface area (Å²) in [4.78, 5) is 4.45. The summed E-state index contributed by atoms with van der Waals surface area (Å²) in [6, 6.07) is 5.69. The number of nitrogens with one attached hydrogen (secondary N) is 1. The molecule has 28 heavy (non-hydrogen) atoms. The maximum Gasteiger partial charge on any atom is 0.240 e. The van der Waals surface area contributed by atoms with Crippen molar-refractivity contribution in [1.29, 1.82) is 0 Å². The van der Waals surface area contributed by atoms with Crippen molar-refractivity contribution in [2.75, 3.05) is 46.4 Å². The fourth-order valence-electron chi connectivity index (χ4n) is 3.25. The molecular weight excluding hydrogens is 401 g/mol. The van der Waals surface area contributed by atoms with Crippen LogP contribution in [0.3, 0.4) is 0 Å². The minimum atomic E-state index is -3.83. The SMILES string of the molecule is CCOc1ccc(S(=O)(=O)NC[C@@H](c2ccsc2)N2CCN(C)CC2)cc1F. The second-order valence-corrected chi connectivity index (χ2v) is 9.34. The van der Waals surface area contributed by atoms with E-state index in [0.29, 0.717) is 6.61 Å². The summed E-state index contributed by atoms with van der Waals surface area (Å²) >= 11 is 1.59. The summed E-state index contributed by atoms with van der Waals surface area (Å²) in [5.41, 5.74) is 1.09. The lowest BCUT2D eigenvalue weighted by Crippen LogP contribution is -2.48. The van der Waals surface area contributed by atoms with Gasteiger partial charge in [-0.25, -0.2) is 17.5 Å². The Labute approximate surface area is 170 Å². The minimum Gasteiger partial charge on any atom is -0.491 e. The highest BCUT2D eigenvalue weighted by atomic mass is 32.2. The van der Waals surface area contributed by atoms with Gasteiger partial charge in [-0.15, -0.1) is 0 Å². The average molecular weight is 428 g/mol. The van der Waals surface area contributed by atoms with Crippen molar-refractivity contribution < 1.29 is 17.5 Å². The van der Waals surface area contributed by atoms with E-state index >= 15 is 0 Å². The Morgan fingerprint density at radius 3 is 2.61 bits per heavy atom. The summed E-state index contributed by atoms with van der Waals surface area (Å²) in [6.45, 7) is 5.92. The molecule has 0 spiro atoms. The number of ether oxygens (including phenoxy) is 1. The molecule has 1 atom stereocenters. The Hall–Kier alpha value is -1.52. The van der Waals surface area contributed by atoms with Crippen LogP contribution in [0, 0.1) is 5.82 Å². The van der Waals surface area contributed by atoms with Crippen LogP contribution in [0.5, 0.6) is 5.75 Å². The van der Waals surface area contributed by atoms with Gasteiger partial charge in [0.15, 0.2) is 11.6 Å². The van der Waals surface area contributed by atoms with Crippen LogP contribution in [0.4, 0.5) is 4.39 Å². The first-order valence-electron chi connectivity index (χ1n) is 9.27. The zero-order valence-electron chi connectivity index (χ0n) is 16.1. The molecule has 6 nitrogen and oxygen atoms in total. The van der Waals surface area contributed by atoms with Crippen molar-refractivity contribution in [3.8, 4) is 5.75 Å². The predicted molar refractivity (Wildman–Crippen MR) is 109 cm³/mol. The lowest BCUT2D eigenvalue weighted by molar-refractivity contribution is 0.113. The van der Waals surface area contributed by atoms with Gasteiger partial charge < -0.3 is 9.64 Å². The number of halogens is 1. The molecule has 3 rings (SSSR count). The van der Waals surface area contributed by atoms with E-state index in [1.54, 1.807) is 18.3 Å². The van der Waals surface area contributed by atoms with Crippen molar-refractivity contribution in [1.82, 2.24) is 14.5 Å². The van der Waals surface area contributed by atoms with Crippen molar-refractivity contribution >= 4 is 21.4 Å². The molecule has 0 aliphatic carbocycles. The Morgan fingerprint density at radius 1 is 1.25 bits per heavy atom. The van der Waals surface area contributed by atoms with Crippen molar-refractivity contribution in [2.24, 2.45) is 0 Å². The fraction of sp³-hybridized carbons (Fsp3) is 0.474. The topological polar surface area (TPSA) is 61.9 Å². The molecule has 154 valence electrons. The van der Waals surface area contributed by atoms with Gasteiger partial charge in [-0.1, -0.05) is 0 Å². The molecule has 1 aromatic carbocycles. The van der Waals surface area contributed by atoms with E-state index in [0.717, 1.165) is 37.8 Å². The Bertz CT molecular complexity index is 867. The van der Waals surface area contributed by atoms with E-state index in [9.17, 15) is 12.8 Å². The number of sulfonamides is 1. The van der Waals surface area contributed by atoms with Gasteiger partial charge in [-0.3, -0.25) is 4.90 Å². The largest absolute Gasteiger partial charge is 0.491 e. The Balaban J connectivity index is 1.74. The normalized spacial score (nSPS) is 17.5. The number of rotatable bonds is 8. The lowest BCUT2D eigenvalue weighted by Gasteiger charge is -2.37. The molecule has 0 bridgehead atoms. The summed E-state index contributed by atoms with van der Waals surface area (Å²) in [6.07, 6.45) is 0. The third-order valence-corrected chi connectivity index (χ3v) is 7.01. The van der Waals surface area contributed by atoms with E-state index in [-0.39, 0.29) is 23.2 Å². The maximum absolute atomic E-state index is 14.1. The summed E-state index contributed by atoms with van der Waals surface area (Å²) in [5.74, 6) is -0.631. The summed E-state index contributed by atoms with van der Waals surface area (Å²) in [7, 11) is -1.75. The quantitative estimate of drug-likeness (QED) is 0.702. The lowest BCUT2D eigenvalue weighted by atomic mass is 10.1. The van der Waals surface area contributed by atoms with Crippen LogP contribution in [0.2, 0.25) is 0 Å². The first-order valence-corrected chi connectivity index (χ1v) is 11.7. The monoisotopic (exact) mass is 427 g/mol. The molecule has 0 saturated carbocycles. The summed E-state index contributed by atoms with van der Waals surface area (Å²) < 4.78 is 47.3. The van der Waals surface area contributed by atoms with E-state index in [1.165, 1.54) is 12.1 Å². The van der Waals surface area contributed by atoms with Crippen LogP contribution < -0.4 is 9.46 Å². The van der Waals surface area contributed by atoms with Crippen LogP contribution in [0.25, 0.3) is 0 Å². The highest BCUT2D eigenvalue weighted by Crippen LogP contribution is 2.25. The van der Waals surface area contributed by atoms with Gasteiger partial charge in [0, 0.05) is 38.8 Å². The zero-order chi connectivity index (χ0) is 20.1. The highest BCUT2D eigenvalue weighted by Gasteiger charge is 2.26. The molecule has 1 aliphatic heterocycles. The molecule has 9 heteroatoms. The third-order valence-electron chi connectivity index (χ3n) is 4.89. The maximum atomic E-state index is 14.1. The van der Waals surface area contributed by atoms with Crippen LogP contribution in [0.1, 0.15) is 18.5 Å². The van der Waals surface area contributed by atoms with Crippen molar-refractivity contribution in [3.63, 3.8) is 0 Å². The Morgan fingerprint density at radius 2 is 2.00 bits per heavy atom. The van der Waals surface area contributed by atoms with Gasteiger partial charge in [-0.05, 0) is 54.6 Å². The smallest absolute Gasteiger partial charge is 0.240 e. The van der Waals surface area contributed by atoms with Crippen LogP contribution in [0.15, 0.2) is 39.9 Å². The molecule has 0 radical (unpaired) electrons. The number of hydrogen-bond donors (Lipinski definition) is 1. The molecule has 0 amide bonds. The number of thiophene rings is 1. The molecule has 0 unspecified atom stereocenters. The standard InChI is InChI=1S/C19H26FN3O3S2/c1-3-26-19-5-4-16(12-17(19)20)28(24,25)21-13-18(15-6-11-27-14-15)23-9-7-22(2)8-10-23/h4-6,11-12,14,18,21H,3,7-10,13H2,1-2H3/t18-/m0/s1. The van der Waals surface area contributed by atoms with Crippen LogP contribution >= 0.6 is 11.3 Å². The first-order chi connectivity index (χ1) is 13.4. The predicted octanol–water partition coefficient (Wildman–Crippen LogP) is 2.55. The molecular formula is C19H26FN3O3S2. The second-order valence-electron chi connectivity index (χ2n) is 6.79. The molecule has 1 aliphatic rings. The molecule has 1 saturated heterocycles. The summed E-state index contributed by atoms with van der Waals surface area (Å²) in [5, 5.41) is 4.04. The number of hydrogen-bond acceptors (Lipinski definition) is 6. The van der Waals surface area contributed by atoms with Gasteiger partial charge in [0.1, 0.15) is 0 Å². The highest BCUT2D eigenvalue weighted by molar-refractivity contribution is 7.89. The van der Waals surface area contributed by atoms with Crippen molar-refractivity contribution in [3.05, 3.63) is 46.4 Å². The molecule has 1 N–H and O–H groups in total. The average Bonchev–Trinajstić information content (AvgIpc) is 3.19. The third kappa shape index (κ3) is 5.09. The van der Waals surface area contributed by atoms with E-state index in [4.69, 9.17) is 4.74 Å². The Kier molecular flexibility index (Phi) is 7.05. The van der Waals surface area contributed by atoms with E-state index < -0.39 is 15.8 Å². The number of benzene rings is 1. The van der Waals surface area contributed by atoms with Gasteiger partial charge >= 0.3 is 0 Å². The second kappa shape index (κ2) is 9.32. The van der Waals surface area contributed by atoms with Crippen molar-refractivity contribution in [2.45, 2.75) is 17.9 Å². The number of likely N-dealkylation sites (N-methyl/N-ethyl adjacent to an activating group) is 1. The molecule has 2 aromatic rings. The molecule has 2 heterocycles. The fourth-order valence-corrected chi connectivity index (χ4v) is 5.01. The zero-order valence-corrected chi connectivity index (χ0v) is 17.7. The van der Waals surface area contributed by atoms with E-state index in [1.807, 2.05) is 16.8 Å². The number of nitrogens with zero attached hydrogens (tertiary/aromatic N) is 2. The van der Waals surface area contributed by atoms with Gasteiger partial charge in [-0.2, -0.15) is 11.3 Å². The first kappa shape index (κ1) is 21.2. The molecule has 1 fully saturated rings. The van der Waals surface area contributed by atoms with E-state index in [2.05, 4.69) is 21.6 Å².